The van der Waals surface area contributed by atoms with Crippen molar-refractivity contribution in [1.29, 1.82) is 0 Å². The number of nitrogens with one attached hydrogen (secondary N) is 1. The van der Waals surface area contributed by atoms with Gasteiger partial charge in [-0.15, -0.1) is 0 Å². The average molecular weight is 361 g/mol. The average Bonchev–Trinajstić information content (AvgIpc) is 3.05. The van der Waals surface area contributed by atoms with E-state index in [-0.39, 0.29) is 34.0 Å². The van der Waals surface area contributed by atoms with Gasteiger partial charge in [-0.2, -0.15) is 0 Å². The first-order valence-electron chi connectivity index (χ1n) is 7.49. The Morgan fingerprint density at radius 3 is 2.65 bits per heavy atom. The number of carbonyl (C=O) groups is 1. The molecule has 1 saturated carbocycles. The van der Waals surface area contributed by atoms with Crippen LogP contribution in [0, 0.1) is 5.92 Å². The van der Waals surface area contributed by atoms with Gasteiger partial charge in [-0.25, -0.2) is 17.9 Å². The lowest BCUT2D eigenvalue weighted by Gasteiger charge is -2.23. The molecule has 2 rings (SSSR count). The quantitative estimate of drug-likeness (QED) is 0.755. The normalized spacial score (nSPS) is 17.2. The predicted molar refractivity (Wildman–Crippen MR) is 87.9 cm³/mol. The summed E-state index contributed by atoms with van der Waals surface area (Å²) in [5.41, 5.74) is 5.66. The summed E-state index contributed by atoms with van der Waals surface area (Å²) in [5, 5.41) is 0.260. The third-order valence-corrected chi connectivity index (χ3v) is 5.95. The molecule has 0 aliphatic heterocycles. The summed E-state index contributed by atoms with van der Waals surface area (Å²) in [6.07, 6.45) is 4.07. The van der Waals surface area contributed by atoms with Crippen LogP contribution in [-0.2, 0) is 14.8 Å². The van der Waals surface area contributed by atoms with Gasteiger partial charge in [-0.05, 0) is 37.0 Å². The van der Waals surface area contributed by atoms with Crippen LogP contribution in [0.4, 0.5) is 0 Å². The van der Waals surface area contributed by atoms with Crippen molar-refractivity contribution in [3.63, 3.8) is 0 Å². The van der Waals surface area contributed by atoms with Gasteiger partial charge in [0, 0.05) is 17.6 Å². The van der Waals surface area contributed by atoms with E-state index in [1.807, 2.05) is 0 Å². The van der Waals surface area contributed by atoms with E-state index in [9.17, 15) is 13.2 Å². The van der Waals surface area contributed by atoms with E-state index in [0.29, 0.717) is 0 Å². The number of sulfonamides is 1. The number of nitrogens with two attached hydrogens (primary N) is 1. The van der Waals surface area contributed by atoms with Crippen LogP contribution >= 0.6 is 11.6 Å². The van der Waals surface area contributed by atoms with Crippen LogP contribution in [0.15, 0.2) is 23.1 Å². The fraction of sp³-hybridized carbons (Fsp3) is 0.533. The van der Waals surface area contributed by atoms with Crippen LogP contribution in [-0.4, -0.2) is 34.1 Å². The Hall–Kier alpha value is -1.15. The second kappa shape index (κ2) is 7.61. The molecule has 8 heteroatoms. The molecule has 23 heavy (non-hydrogen) atoms. The molecule has 1 fully saturated rings. The minimum atomic E-state index is -3.90. The number of ether oxygens (including phenoxy) is 1. The highest BCUT2D eigenvalue weighted by atomic mass is 35.5. The van der Waals surface area contributed by atoms with E-state index in [1.165, 1.54) is 25.3 Å². The number of benzene rings is 1. The number of hydrogen-bond acceptors (Lipinski definition) is 5. The predicted octanol–water partition coefficient (Wildman–Crippen LogP) is 1.92. The van der Waals surface area contributed by atoms with Crippen LogP contribution in [0.5, 0.6) is 0 Å². The Morgan fingerprint density at radius 1 is 1.43 bits per heavy atom. The summed E-state index contributed by atoms with van der Waals surface area (Å²) < 4.78 is 32.7. The van der Waals surface area contributed by atoms with Gasteiger partial charge in [0.1, 0.15) is 0 Å². The van der Waals surface area contributed by atoms with Crippen LogP contribution in [0.25, 0.3) is 0 Å². The molecule has 6 nitrogen and oxygen atoms in total. The van der Waals surface area contributed by atoms with E-state index in [2.05, 4.69) is 9.46 Å². The number of esters is 1. The van der Waals surface area contributed by atoms with Crippen molar-refractivity contribution in [2.24, 2.45) is 11.7 Å². The molecule has 0 saturated heterocycles. The zero-order valence-electron chi connectivity index (χ0n) is 12.9. The van der Waals surface area contributed by atoms with Crippen molar-refractivity contribution in [1.82, 2.24) is 4.72 Å². The first-order valence-corrected chi connectivity index (χ1v) is 9.35. The first-order chi connectivity index (χ1) is 10.9. The zero-order chi connectivity index (χ0) is 17.0. The molecule has 1 aliphatic rings. The van der Waals surface area contributed by atoms with Crippen LogP contribution in [0.3, 0.4) is 0 Å². The van der Waals surface area contributed by atoms with Gasteiger partial charge < -0.3 is 10.5 Å². The van der Waals surface area contributed by atoms with Gasteiger partial charge >= 0.3 is 5.97 Å². The van der Waals surface area contributed by atoms with Gasteiger partial charge in [0.2, 0.25) is 10.0 Å². The highest BCUT2D eigenvalue weighted by Crippen LogP contribution is 2.29. The van der Waals surface area contributed by atoms with Gasteiger partial charge in [-0.3, -0.25) is 0 Å². The molecule has 0 amide bonds. The third kappa shape index (κ3) is 4.23. The number of hydrogen-bond donors (Lipinski definition) is 2. The Bertz CT molecular complexity index is 672. The van der Waals surface area contributed by atoms with Crippen LogP contribution in [0.2, 0.25) is 5.02 Å². The zero-order valence-corrected chi connectivity index (χ0v) is 14.5. The molecule has 1 aromatic rings. The summed E-state index contributed by atoms with van der Waals surface area (Å²) in [7, 11) is -2.71. The number of methoxy groups -OCH3 is 1. The van der Waals surface area contributed by atoms with E-state index in [1.54, 1.807) is 0 Å². The largest absolute Gasteiger partial charge is 0.465 e. The molecule has 1 aromatic carbocycles. The van der Waals surface area contributed by atoms with Crippen molar-refractivity contribution in [3.8, 4) is 0 Å². The summed E-state index contributed by atoms with van der Waals surface area (Å²) in [5.74, 6) is -0.526. The fourth-order valence-corrected chi connectivity index (χ4v) is 4.63. The van der Waals surface area contributed by atoms with Crippen molar-refractivity contribution < 1.29 is 17.9 Å². The van der Waals surface area contributed by atoms with E-state index in [0.717, 1.165) is 25.7 Å². The Labute approximate surface area is 141 Å². The van der Waals surface area contributed by atoms with Crippen LogP contribution < -0.4 is 10.5 Å². The first kappa shape index (κ1) is 18.2. The molecule has 0 aromatic heterocycles. The topological polar surface area (TPSA) is 98.5 Å². The standard InChI is InChI=1S/C15H21ClN2O4S/c1-22-15(19)12-8-11(16)6-7-14(12)23(20,21)18-13(9-17)10-4-2-3-5-10/h6-8,10,13,18H,2-5,9,17H2,1H3. The molecule has 1 atom stereocenters. The molecule has 0 spiro atoms. The van der Waals surface area contributed by atoms with E-state index in [4.69, 9.17) is 17.3 Å². The van der Waals surface area contributed by atoms with Crippen molar-refractivity contribution in [2.45, 2.75) is 36.6 Å². The lowest BCUT2D eigenvalue weighted by molar-refractivity contribution is 0.0596. The second-order valence-corrected chi connectivity index (χ2v) is 7.76. The highest BCUT2D eigenvalue weighted by Gasteiger charge is 2.30. The third-order valence-electron chi connectivity index (χ3n) is 4.17. The molecule has 0 heterocycles. The monoisotopic (exact) mass is 360 g/mol. The highest BCUT2D eigenvalue weighted by molar-refractivity contribution is 7.89. The molecular weight excluding hydrogens is 340 g/mol. The van der Waals surface area contributed by atoms with Gasteiger partial charge in [0.25, 0.3) is 0 Å². The smallest absolute Gasteiger partial charge is 0.339 e. The Morgan fingerprint density at radius 2 is 2.09 bits per heavy atom. The minimum Gasteiger partial charge on any atom is -0.465 e. The number of rotatable bonds is 6. The fourth-order valence-electron chi connectivity index (χ4n) is 2.97. The van der Waals surface area contributed by atoms with Gasteiger partial charge in [0.15, 0.2) is 0 Å². The Balaban J connectivity index is 2.33. The van der Waals surface area contributed by atoms with Crippen molar-refractivity contribution >= 4 is 27.6 Å². The van der Waals surface area contributed by atoms with E-state index < -0.39 is 16.0 Å². The van der Waals surface area contributed by atoms with Crippen LogP contribution in [0.1, 0.15) is 36.0 Å². The molecule has 0 radical (unpaired) electrons. The lowest BCUT2D eigenvalue weighted by Crippen LogP contribution is -2.44. The molecule has 128 valence electrons. The maximum atomic E-state index is 12.7. The molecule has 1 aliphatic carbocycles. The Kier molecular flexibility index (Phi) is 6.02. The lowest BCUT2D eigenvalue weighted by atomic mass is 9.99. The summed E-state index contributed by atoms with van der Waals surface area (Å²) in [6, 6.07) is 3.67. The number of carbonyl (C=O) groups excluding carboxylic acids is 1. The molecular formula is C15H21ClN2O4S. The van der Waals surface area contributed by atoms with E-state index >= 15 is 0 Å². The molecule has 3 N–H and O–H groups in total. The SMILES string of the molecule is COC(=O)c1cc(Cl)ccc1S(=O)(=O)NC(CN)C1CCCC1. The maximum Gasteiger partial charge on any atom is 0.339 e. The number of halogens is 1. The summed E-state index contributed by atoms with van der Waals surface area (Å²) in [4.78, 5) is 11.7. The van der Waals surface area contributed by atoms with Gasteiger partial charge in [0.05, 0.1) is 17.6 Å². The van der Waals surface area contributed by atoms with Gasteiger partial charge in [-0.1, -0.05) is 24.4 Å². The molecule has 0 bridgehead atoms. The summed E-state index contributed by atoms with van der Waals surface area (Å²) >= 11 is 5.86. The van der Waals surface area contributed by atoms with Crippen molar-refractivity contribution in [2.75, 3.05) is 13.7 Å². The van der Waals surface area contributed by atoms with Crippen molar-refractivity contribution in [3.05, 3.63) is 28.8 Å². The second-order valence-electron chi connectivity index (χ2n) is 5.64. The minimum absolute atomic E-state index is 0.0882. The maximum absolute atomic E-state index is 12.7. The molecule has 1 unspecified atom stereocenters. The summed E-state index contributed by atoms with van der Waals surface area (Å²) in [6.45, 7) is 0.213.